The maximum Gasteiger partial charge on any atom is 0.137 e. The Morgan fingerprint density at radius 2 is 1.81 bits per heavy atom. The second kappa shape index (κ2) is 8.89. The molecule has 2 aliphatic rings. The highest BCUT2D eigenvalue weighted by molar-refractivity contribution is 7.99. The van der Waals surface area contributed by atoms with Crippen LogP contribution >= 0.6 is 11.8 Å². The van der Waals surface area contributed by atoms with Gasteiger partial charge in [0.2, 0.25) is 0 Å². The molecule has 6 heteroatoms. The Morgan fingerprint density at radius 1 is 1.07 bits per heavy atom. The van der Waals surface area contributed by atoms with E-state index in [0.717, 1.165) is 9.79 Å². The number of hydrogen-bond donors (Lipinski definition) is 1. The summed E-state index contributed by atoms with van der Waals surface area (Å²) in [4.78, 5) is 7.88. The Hall–Kier alpha value is -1.86. The van der Waals surface area contributed by atoms with E-state index < -0.39 is 52.3 Å². The fraction of sp³-hybridized carbons (Fsp3) is 0.381. The van der Waals surface area contributed by atoms with Crippen LogP contribution in [0.15, 0.2) is 63.3 Å². The van der Waals surface area contributed by atoms with Crippen molar-refractivity contribution in [3.05, 3.63) is 54.1 Å². The topological polar surface area (TPSA) is 48.3 Å². The molecule has 0 spiro atoms. The van der Waals surface area contributed by atoms with Crippen molar-refractivity contribution in [1.29, 1.82) is 0 Å². The van der Waals surface area contributed by atoms with Crippen LogP contribution in [0.25, 0.3) is 0 Å². The van der Waals surface area contributed by atoms with E-state index in [2.05, 4.69) is 4.74 Å². The van der Waals surface area contributed by atoms with E-state index in [1.807, 2.05) is 24.3 Å². The van der Waals surface area contributed by atoms with E-state index in [9.17, 15) is 0 Å². The zero-order valence-corrected chi connectivity index (χ0v) is 15.2. The highest BCUT2D eigenvalue weighted by Crippen LogP contribution is 2.40. The molecule has 2 aromatic carbocycles. The fourth-order valence-corrected chi connectivity index (χ4v) is 3.72. The molecule has 0 radical (unpaired) electrons. The van der Waals surface area contributed by atoms with Crippen molar-refractivity contribution < 1.29 is 23.6 Å². The van der Waals surface area contributed by atoms with E-state index in [4.69, 9.17) is 23.8 Å². The Kier molecular flexibility index (Phi) is 3.31. The van der Waals surface area contributed by atoms with Gasteiger partial charge in [-0.3, -0.25) is 4.90 Å². The maximum absolute atomic E-state index is 9.12. The van der Waals surface area contributed by atoms with E-state index >= 15 is 0 Å². The van der Waals surface area contributed by atoms with Crippen LogP contribution in [0.2, 0.25) is 0 Å². The van der Waals surface area contributed by atoms with Crippen LogP contribution in [0.5, 0.6) is 0 Å². The molecule has 5 nitrogen and oxygen atoms in total. The number of aliphatic hydroxyl groups excluding tert-OH is 1. The van der Waals surface area contributed by atoms with Gasteiger partial charge in [0.25, 0.3) is 0 Å². The van der Waals surface area contributed by atoms with Crippen molar-refractivity contribution in [3.63, 3.8) is 0 Å². The molecule has 142 valence electrons. The summed E-state index contributed by atoms with van der Waals surface area (Å²) in [6.45, 7) is -18.0. The van der Waals surface area contributed by atoms with Gasteiger partial charge in [-0.2, -0.15) is 0 Å². The van der Waals surface area contributed by atoms with Crippen LogP contribution in [0.4, 0.5) is 5.69 Å². The predicted molar refractivity (Wildman–Crippen MR) is 109 cm³/mol. The highest BCUT2D eigenvalue weighted by atomic mass is 32.2. The number of benzene rings is 2. The summed E-state index contributed by atoms with van der Waals surface area (Å²) in [7, 11) is 0. The highest BCUT2D eigenvalue weighted by Gasteiger charge is 2.24. The molecule has 0 aromatic heterocycles. The van der Waals surface area contributed by atoms with Crippen LogP contribution in [-0.4, -0.2) is 73.0 Å². The van der Waals surface area contributed by atoms with Gasteiger partial charge < -0.3 is 14.7 Å². The molecule has 2 heterocycles. The first-order chi connectivity index (χ1) is 17.0. The lowest BCUT2D eigenvalue weighted by Gasteiger charge is -2.36. The van der Waals surface area contributed by atoms with Crippen LogP contribution < -0.4 is 0 Å². The van der Waals surface area contributed by atoms with Crippen molar-refractivity contribution >= 4 is 23.3 Å². The standard InChI is InChI=1S/C21H25N3O2S/c25-14-16-26-15-13-23-9-11-24(12-10-23)21-17-5-1-3-7-19(17)27-20-8-4-2-6-18(20)22-21/h1-8,25H,9-16H2/i9D2,10D2,13D2,15D2,16D2. The Bertz CT molecular complexity index is 1190. The van der Waals surface area contributed by atoms with Crippen LogP contribution in [0.1, 0.15) is 19.3 Å². The van der Waals surface area contributed by atoms with Crippen molar-refractivity contribution in [1.82, 2.24) is 9.80 Å². The zero-order valence-electron chi connectivity index (χ0n) is 24.3. The maximum atomic E-state index is 9.12. The first-order valence-electron chi connectivity index (χ1n) is 13.3. The normalized spacial score (nSPS) is 27.9. The minimum atomic E-state index is -3.54. The molecule has 1 fully saturated rings. The van der Waals surface area contributed by atoms with Gasteiger partial charge in [-0.05, 0) is 18.2 Å². The van der Waals surface area contributed by atoms with Crippen LogP contribution in [0.3, 0.4) is 0 Å². The monoisotopic (exact) mass is 393 g/mol. The molecule has 27 heavy (non-hydrogen) atoms. The molecule has 1 N–H and O–H groups in total. The van der Waals surface area contributed by atoms with Gasteiger partial charge in [-0.15, -0.1) is 0 Å². The van der Waals surface area contributed by atoms with Gasteiger partial charge in [-0.1, -0.05) is 42.1 Å². The molecular formula is C21H25N3O2S. The number of ether oxygens (including phenoxy) is 1. The third-order valence-electron chi connectivity index (χ3n) is 3.92. The smallest absolute Gasteiger partial charge is 0.137 e. The van der Waals surface area contributed by atoms with Gasteiger partial charge in [0, 0.05) is 56.2 Å². The first kappa shape index (κ1) is 10.1. The average molecular weight is 394 g/mol. The van der Waals surface area contributed by atoms with Gasteiger partial charge in [-0.25, -0.2) is 4.99 Å². The lowest BCUT2D eigenvalue weighted by atomic mass is 10.1. The second-order valence-corrected chi connectivity index (χ2v) is 6.71. The van der Waals surface area contributed by atoms with E-state index in [0.29, 0.717) is 11.3 Å². The summed E-state index contributed by atoms with van der Waals surface area (Å²) >= 11 is 1.47. The number of fused-ring (bicyclic) bond motifs is 2. The minimum Gasteiger partial charge on any atom is -0.394 e. The summed E-state index contributed by atoms with van der Waals surface area (Å²) in [6, 6.07) is 14.6. The Labute approximate surface area is 178 Å². The Balaban J connectivity index is 1.76. The summed E-state index contributed by atoms with van der Waals surface area (Å²) in [5.74, 6) is 0.289. The van der Waals surface area contributed by atoms with E-state index in [1.165, 1.54) is 16.7 Å². The van der Waals surface area contributed by atoms with Gasteiger partial charge in [0.05, 0.1) is 30.9 Å². The molecule has 1 saturated heterocycles. The zero-order chi connectivity index (χ0) is 27.4. The second-order valence-electron chi connectivity index (χ2n) is 5.63. The third kappa shape index (κ3) is 4.35. The molecule has 0 saturated carbocycles. The number of hydrogen-bond acceptors (Lipinski definition) is 6. The number of rotatable bonds is 5. The molecule has 0 aliphatic carbocycles. The SMILES string of the molecule is [2H]C([2H])(CO)OC([2H])([2H])C([2H])([2H])N1C([2H])([2H])CN(C2=Nc3ccccc3Sc3ccccc32)CC1([2H])[2H]. The largest absolute Gasteiger partial charge is 0.394 e. The van der Waals surface area contributed by atoms with Gasteiger partial charge >= 0.3 is 0 Å². The Morgan fingerprint density at radius 3 is 2.63 bits per heavy atom. The van der Waals surface area contributed by atoms with Crippen LogP contribution in [-0.2, 0) is 4.74 Å². The number of aliphatic imine (C=N–C) groups is 1. The minimum absolute atomic E-state index is 0.100. The molecule has 2 aliphatic heterocycles. The summed E-state index contributed by atoms with van der Waals surface area (Å²) < 4.78 is 86.8. The molecular weight excluding hydrogens is 358 g/mol. The number of piperazine rings is 1. The lowest BCUT2D eigenvalue weighted by Crippen LogP contribution is -2.49. The average Bonchev–Trinajstić information content (AvgIpc) is 2.93. The number of nitrogens with zero attached hydrogens (tertiary/aromatic N) is 3. The molecule has 2 aromatic rings. The van der Waals surface area contributed by atoms with Crippen molar-refractivity contribution in [2.45, 2.75) is 9.79 Å². The molecule has 0 amide bonds. The van der Waals surface area contributed by atoms with Gasteiger partial charge in [0.15, 0.2) is 0 Å². The van der Waals surface area contributed by atoms with E-state index in [-0.39, 0.29) is 10.7 Å². The molecule has 0 atom stereocenters. The van der Waals surface area contributed by atoms with Crippen LogP contribution in [0, 0.1) is 0 Å². The van der Waals surface area contributed by atoms with Gasteiger partial charge in [0.1, 0.15) is 5.84 Å². The third-order valence-corrected chi connectivity index (χ3v) is 5.06. The van der Waals surface area contributed by atoms with E-state index in [1.54, 1.807) is 24.3 Å². The van der Waals surface area contributed by atoms with Crippen molar-refractivity contribution in [2.24, 2.45) is 4.99 Å². The quantitative estimate of drug-likeness (QED) is 0.846. The first-order valence-corrected chi connectivity index (χ1v) is 9.14. The number of aliphatic hydroxyl groups is 1. The van der Waals surface area contributed by atoms with Crippen molar-refractivity contribution in [2.75, 3.05) is 52.3 Å². The summed E-state index contributed by atoms with van der Waals surface area (Å²) in [5, 5.41) is 9.12. The lowest BCUT2D eigenvalue weighted by molar-refractivity contribution is 0.0652. The molecule has 0 bridgehead atoms. The fourth-order valence-electron chi connectivity index (χ4n) is 2.70. The van der Waals surface area contributed by atoms with Crippen molar-refractivity contribution in [3.8, 4) is 0 Å². The number of amidine groups is 1. The summed E-state index contributed by atoms with van der Waals surface area (Å²) in [5.41, 5.74) is 1.25. The summed E-state index contributed by atoms with van der Waals surface area (Å²) in [6.07, 6.45) is 0. The number of para-hydroxylation sites is 1. The molecule has 4 rings (SSSR count). The molecule has 0 unspecified atom stereocenters. The predicted octanol–water partition coefficient (Wildman–Crippen LogP) is 2.86.